The monoisotopic (exact) mass is 463 g/mol. The average molecular weight is 464 g/mol. The van der Waals surface area contributed by atoms with Crippen molar-refractivity contribution in [2.24, 2.45) is 10.9 Å². The Hall–Kier alpha value is -2.73. The molecular formula is C27H29NO4S. The van der Waals surface area contributed by atoms with Crippen LogP contribution in [-0.2, 0) is 14.3 Å². The Morgan fingerprint density at radius 2 is 1.94 bits per heavy atom. The second-order valence-electron chi connectivity index (χ2n) is 9.23. The molecule has 2 aliphatic carbocycles. The number of esters is 1. The molecule has 5 rings (SSSR count). The molecule has 0 radical (unpaired) electrons. The maximum Gasteiger partial charge on any atom is 0.315 e. The predicted octanol–water partition coefficient (Wildman–Crippen LogP) is 5.82. The lowest BCUT2D eigenvalue weighted by Crippen LogP contribution is -2.38. The van der Waals surface area contributed by atoms with Crippen LogP contribution in [-0.4, -0.2) is 30.7 Å². The number of rotatable bonds is 5. The molecule has 1 saturated carbocycles. The lowest BCUT2D eigenvalue weighted by atomic mass is 9.71. The molecule has 5 nitrogen and oxygen atoms in total. The summed E-state index contributed by atoms with van der Waals surface area (Å²) in [6, 6.07) is 11.9. The third-order valence-electron chi connectivity index (χ3n) is 7.14. The highest BCUT2D eigenvalue weighted by Crippen LogP contribution is 2.48. The Balaban J connectivity index is 1.50. The fourth-order valence-corrected chi connectivity index (χ4v) is 6.39. The van der Waals surface area contributed by atoms with Gasteiger partial charge in [0, 0.05) is 34.2 Å². The second-order valence-corrected chi connectivity index (χ2v) is 10.2. The van der Waals surface area contributed by atoms with E-state index in [1.807, 2.05) is 48.7 Å². The summed E-state index contributed by atoms with van der Waals surface area (Å²) in [5.41, 5.74) is 3.35. The van der Waals surface area contributed by atoms with E-state index < -0.39 is 5.92 Å². The molecule has 2 heterocycles. The van der Waals surface area contributed by atoms with Gasteiger partial charge in [0.25, 0.3) is 0 Å². The van der Waals surface area contributed by atoms with E-state index in [0.717, 1.165) is 53.3 Å². The van der Waals surface area contributed by atoms with Gasteiger partial charge < -0.3 is 9.47 Å². The number of methoxy groups -OCH3 is 1. The van der Waals surface area contributed by atoms with E-state index in [1.54, 1.807) is 18.4 Å². The van der Waals surface area contributed by atoms with Gasteiger partial charge >= 0.3 is 5.97 Å². The fourth-order valence-electron chi connectivity index (χ4n) is 5.52. The molecule has 2 aromatic rings. The lowest BCUT2D eigenvalue weighted by Gasteiger charge is -2.36. The van der Waals surface area contributed by atoms with Crippen molar-refractivity contribution < 1.29 is 19.1 Å². The number of nitrogens with zero attached hydrogens (tertiary/aromatic N) is 1. The van der Waals surface area contributed by atoms with Crippen LogP contribution < -0.4 is 4.74 Å². The standard InChI is InChI=1S/C27H29NO4S/c1-16-24(27(30)32-19-8-3-4-9-19)26(23-11-6-12-33-23)25-21(28-16)14-18(15-22(25)29)17-7-5-10-20(13-17)31-2/h5-7,10-13,18-19,24,26H,3-4,8-9,14-15H2,1-2H3/t18-,24?,26+/m1/s1. The number of carbonyl (C=O) groups excluding carboxylic acids is 2. The first-order chi connectivity index (χ1) is 16.0. The van der Waals surface area contributed by atoms with Crippen molar-refractivity contribution in [1.29, 1.82) is 0 Å². The molecule has 0 saturated heterocycles. The molecule has 1 aromatic heterocycles. The summed E-state index contributed by atoms with van der Waals surface area (Å²) in [6.07, 6.45) is 5.13. The number of carbonyl (C=O) groups is 2. The van der Waals surface area contributed by atoms with Gasteiger partial charge in [-0.1, -0.05) is 18.2 Å². The molecule has 33 heavy (non-hydrogen) atoms. The molecule has 1 aliphatic heterocycles. The molecule has 0 spiro atoms. The van der Waals surface area contributed by atoms with Crippen LogP contribution in [0, 0.1) is 5.92 Å². The SMILES string of the molecule is COc1cccc([C@H]2CC(=O)C3=C(C2)N=C(C)C(C(=O)OC2CCCC2)[C@@H]3c2cccs2)c1. The molecule has 0 bridgehead atoms. The van der Waals surface area contributed by atoms with E-state index in [9.17, 15) is 9.59 Å². The molecule has 3 atom stereocenters. The maximum atomic E-state index is 13.6. The minimum absolute atomic E-state index is 0.0100. The largest absolute Gasteiger partial charge is 0.497 e. The first-order valence-electron chi connectivity index (χ1n) is 11.7. The van der Waals surface area contributed by atoms with Crippen LogP contribution in [0.3, 0.4) is 0 Å². The number of hydrogen-bond acceptors (Lipinski definition) is 6. The minimum Gasteiger partial charge on any atom is -0.497 e. The quantitative estimate of drug-likeness (QED) is 0.524. The van der Waals surface area contributed by atoms with E-state index >= 15 is 0 Å². The topological polar surface area (TPSA) is 65.0 Å². The van der Waals surface area contributed by atoms with Crippen molar-refractivity contribution in [3.63, 3.8) is 0 Å². The molecule has 3 aliphatic rings. The van der Waals surface area contributed by atoms with Crippen LogP contribution in [0.1, 0.15) is 67.7 Å². The summed E-state index contributed by atoms with van der Waals surface area (Å²) in [5.74, 6) is -0.179. The Labute approximate surface area is 198 Å². The summed E-state index contributed by atoms with van der Waals surface area (Å²) in [7, 11) is 1.65. The maximum absolute atomic E-state index is 13.6. The van der Waals surface area contributed by atoms with Gasteiger partial charge in [-0.05, 0) is 74.1 Å². The van der Waals surface area contributed by atoms with Gasteiger partial charge in [-0.15, -0.1) is 11.3 Å². The van der Waals surface area contributed by atoms with Crippen molar-refractivity contribution >= 4 is 28.8 Å². The van der Waals surface area contributed by atoms with Crippen LogP contribution >= 0.6 is 11.3 Å². The first kappa shape index (κ1) is 22.1. The first-order valence-corrected chi connectivity index (χ1v) is 12.6. The predicted molar refractivity (Wildman–Crippen MR) is 129 cm³/mol. The van der Waals surface area contributed by atoms with Crippen molar-refractivity contribution in [2.75, 3.05) is 7.11 Å². The molecule has 1 unspecified atom stereocenters. The average Bonchev–Trinajstić information content (AvgIpc) is 3.52. The van der Waals surface area contributed by atoms with Gasteiger partial charge in [-0.3, -0.25) is 14.6 Å². The van der Waals surface area contributed by atoms with Crippen molar-refractivity contribution in [3.05, 3.63) is 63.5 Å². The number of ether oxygens (including phenoxy) is 2. The number of Topliss-reactive ketones (excluding diaryl/α,β-unsaturated/α-hetero) is 1. The molecular weight excluding hydrogens is 434 g/mol. The van der Waals surface area contributed by atoms with Crippen LogP contribution in [0.25, 0.3) is 0 Å². The van der Waals surface area contributed by atoms with Crippen LogP contribution in [0.15, 0.2) is 58.0 Å². The van der Waals surface area contributed by atoms with Crippen LogP contribution in [0.5, 0.6) is 5.75 Å². The van der Waals surface area contributed by atoms with E-state index in [2.05, 4.69) is 0 Å². The molecule has 0 amide bonds. The summed E-state index contributed by atoms with van der Waals surface area (Å²) in [4.78, 5) is 32.8. The van der Waals surface area contributed by atoms with Crippen LogP contribution in [0.4, 0.5) is 0 Å². The molecule has 1 aromatic carbocycles. The minimum atomic E-state index is -0.541. The van der Waals surface area contributed by atoms with Gasteiger partial charge in [-0.25, -0.2) is 0 Å². The molecule has 0 N–H and O–H groups in total. The van der Waals surface area contributed by atoms with E-state index in [0.29, 0.717) is 18.4 Å². The third kappa shape index (κ3) is 4.29. The lowest BCUT2D eigenvalue weighted by molar-refractivity contribution is -0.151. The summed E-state index contributed by atoms with van der Waals surface area (Å²) < 4.78 is 11.3. The van der Waals surface area contributed by atoms with Gasteiger partial charge in [0.05, 0.1) is 7.11 Å². The summed E-state index contributed by atoms with van der Waals surface area (Å²) in [5, 5.41) is 2.00. The normalized spacial score (nSPS) is 25.6. The van der Waals surface area contributed by atoms with Gasteiger partial charge in [0.2, 0.25) is 0 Å². The fraction of sp³-hybridized carbons (Fsp3) is 0.444. The van der Waals surface area contributed by atoms with Gasteiger partial charge in [-0.2, -0.15) is 0 Å². The number of aliphatic imine (C=N–C) groups is 1. The molecule has 172 valence electrons. The van der Waals surface area contributed by atoms with E-state index in [-0.39, 0.29) is 29.7 Å². The van der Waals surface area contributed by atoms with E-state index in [1.165, 1.54) is 0 Å². The zero-order valence-corrected chi connectivity index (χ0v) is 19.9. The summed E-state index contributed by atoms with van der Waals surface area (Å²) >= 11 is 1.59. The number of hydrogen-bond donors (Lipinski definition) is 0. The van der Waals surface area contributed by atoms with Gasteiger partial charge in [0.15, 0.2) is 5.78 Å². The molecule has 1 fully saturated rings. The highest BCUT2D eigenvalue weighted by molar-refractivity contribution is 7.10. The third-order valence-corrected chi connectivity index (χ3v) is 8.10. The number of allylic oxidation sites excluding steroid dienone is 2. The van der Waals surface area contributed by atoms with Gasteiger partial charge in [0.1, 0.15) is 17.8 Å². The summed E-state index contributed by atoms with van der Waals surface area (Å²) in [6.45, 7) is 1.91. The highest BCUT2D eigenvalue weighted by atomic mass is 32.1. The number of thiophene rings is 1. The Morgan fingerprint density at radius 1 is 1.12 bits per heavy atom. The second kappa shape index (κ2) is 9.26. The highest BCUT2D eigenvalue weighted by Gasteiger charge is 2.45. The van der Waals surface area contributed by atoms with E-state index in [4.69, 9.17) is 14.5 Å². The van der Waals surface area contributed by atoms with Crippen molar-refractivity contribution in [2.45, 2.75) is 63.4 Å². The zero-order chi connectivity index (χ0) is 22.9. The van der Waals surface area contributed by atoms with Crippen molar-refractivity contribution in [1.82, 2.24) is 0 Å². The Kier molecular flexibility index (Phi) is 6.19. The molecule has 6 heteroatoms. The zero-order valence-electron chi connectivity index (χ0n) is 19.1. The number of benzene rings is 1. The van der Waals surface area contributed by atoms with Crippen LogP contribution in [0.2, 0.25) is 0 Å². The Bertz CT molecular complexity index is 1110. The Morgan fingerprint density at radius 3 is 2.67 bits per heavy atom. The number of ketones is 1. The smallest absolute Gasteiger partial charge is 0.315 e. The van der Waals surface area contributed by atoms with Crippen molar-refractivity contribution in [3.8, 4) is 5.75 Å².